The summed E-state index contributed by atoms with van der Waals surface area (Å²) >= 11 is 0. The first kappa shape index (κ1) is 53.4. The quantitative estimate of drug-likeness (QED) is 0.147. The molecule has 9 atom stereocenters. The number of carbonyl (C=O) groups excluding carboxylic acids is 2. The molecule has 0 bridgehead atoms. The molecule has 1 aromatic rings. The van der Waals surface area contributed by atoms with Crippen LogP contribution in [0, 0.1) is 89.8 Å². The third-order valence-corrected chi connectivity index (χ3v) is 15.1. The number of hydrogen-bond donors (Lipinski definition) is 3. The number of nitrogens with zero attached hydrogens (tertiary/aromatic N) is 1. The molecule has 330 valence electrons. The van der Waals surface area contributed by atoms with Crippen LogP contribution >= 0.6 is 0 Å². The van der Waals surface area contributed by atoms with Gasteiger partial charge in [0.1, 0.15) is 12.3 Å². The van der Waals surface area contributed by atoms with Crippen LogP contribution < -0.4 is 5.73 Å². The number of likely N-dealkylation sites (tertiary alicyclic amines) is 1. The molecule has 0 aromatic heterocycles. The Morgan fingerprint density at radius 2 is 1.42 bits per heavy atom. The van der Waals surface area contributed by atoms with Crippen LogP contribution in [0.2, 0.25) is 0 Å². The lowest BCUT2D eigenvalue weighted by atomic mass is 9.36. The van der Waals surface area contributed by atoms with Crippen molar-refractivity contribution < 1.29 is 29.4 Å². The van der Waals surface area contributed by atoms with E-state index in [-0.39, 0.29) is 29.7 Å². The Hall–Kier alpha value is -4.58. The Balaban J connectivity index is 0.000000627. The molecule has 4 saturated carbocycles. The van der Waals surface area contributed by atoms with Crippen molar-refractivity contribution in [2.45, 2.75) is 138 Å². The first-order chi connectivity index (χ1) is 28.6. The zero-order valence-corrected chi connectivity index (χ0v) is 37.8. The molecule has 1 heterocycles. The van der Waals surface area contributed by atoms with Crippen LogP contribution in [0.1, 0.15) is 148 Å². The Labute approximate surface area is 363 Å². The lowest BCUT2D eigenvalue weighted by Crippen LogP contribution is -2.61. The van der Waals surface area contributed by atoms with Crippen molar-refractivity contribution in [3.63, 3.8) is 0 Å². The first-order valence-electron chi connectivity index (χ1n) is 21.9. The molecule has 5 fully saturated rings. The van der Waals surface area contributed by atoms with Gasteiger partial charge in [-0.25, -0.2) is 9.59 Å². The number of terminal acetylenes is 3. The number of nitrogens with two attached hydrogens (primary N) is 1. The number of carboxylic acid groups (broad SMARTS) is 2. The predicted molar refractivity (Wildman–Crippen MR) is 246 cm³/mol. The van der Waals surface area contributed by atoms with Crippen LogP contribution in [0.25, 0.3) is 5.57 Å². The van der Waals surface area contributed by atoms with E-state index in [0.717, 1.165) is 43.4 Å². The molecule has 1 amide bonds. The molecule has 0 spiro atoms. The summed E-state index contributed by atoms with van der Waals surface area (Å²) in [6.07, 6.45) is 43.6. The predicted octanol–water partition coefficient (Wildman–Crippen LogP) is 10.4. The van der Waals surface area contributed by atoms with Crippen molar-refractivity contribution in [1.82, 2.24) is 4.90 Å². The van der Waals surface area contributed by atoms with E-state index in [2.05, 4.69) is 78.9 Å². The number of amides is 1. The maximum atomic E-state index is 12.3. The zero-order chi connectivity index (χ0) is 46.1. The van der Waals surface area contributed by atoms with Crippen molar-refractivity contribution in [1.29, 1.82) is 0 Å². The molecule has 1 saturated heterocycles. The van der Waals surface area contributed by atoms with E-state index in [4.69, 9.17) is 10.8 Å². The minimum absolute atomic E-state index is 0.00607. The maximum absolute atomic E-state index is 12.3. The molecule has 5 aliphatic carbocycles. The summed E-state index contributed by atoms with van der Waals surface area (Å²) in [4.78, 5) is 47.1. The second-order valence-corrected chi connectivity index (χ2v) is 17.8. The van der Waals surface area contributed by atoms with Crippen molar-refractivity contribution in [2.24, 2.45) is 57.0 Å². The summed E-state index contributed by atoms with van der Waals surface area (Å²) in [6, 6.07) is 6.92. The van der Waals surface area contributed by atoms with Crippen molar-refractivity contribution in [2.75, 3.05) is 13.1 Å². The number of benzene rings is 1. The van der Waals surface area contributed by atoms with E-state index in [9.17, 15) is 24.3 Å². The lowest BCUT2D eigenvalue weighted by Gasteiger charge is -2.68. The Kier molecular flexibility index (Phi) is 21.4. The largest absolute Gasteiger partial charge is 0.480 e. The van der Waals surface area contributed by atoms with E-state index in [1.165, 1.54) is 67.3 Å². The molecule has 8 nitrogen and oxygen atoms in total. The molecule has 60 heavy (non-hydrogen) atoms. The number of carbonyl (C=O) groups is 4. The number of aldehydes is 1. The summed E-state index contributed by atoms with van der Waals surface area (Å²) < 4.78 is 0. The Morgan fingerprint density at radius 3 is 1.95 bits per heavy atom. The van der Waals surface area contributed by atoms with Gasteiger partial charge in [0.15, 0.2) is 0 Å². The standard InChI is InChI=1S/C33H44O3.C8H14N2O3.C3H6.C2H6.3C2H2/c1-30(2)24(21-7-9-22(10-8-21)29(35)36)13-17-32(4)27(30)15-18-31(3)25-14-19-33(20-34)16-5-6-26(33)23(25)11-12-28(31)32;9-4-3-7(11)10-5-1-2-6(10)8(12)13;1-3-2;4*1-2/h7-10,13,20,23,25-28H,5-6,11-12,14-19H2,1-4H3,(H,35,36);6H,1-5,9H2,(H,12,13);3H,1H2,2H3;1-2H3;3*1-2H/t23-,25?,26?,27?,28?,31-,32-,33+;;;;;;/m0....../s1. The number of fused-ring (bicyclic) bond motifs is 7. The van der Waals surface area contributed by atoms with Crippen molar-refractivity contribution >= 4 is 29.7 Å². The number of allylic oxidation sites excluding steroid dienone is 3. The third-order valence-electron chi connectivity index (χ3n) is 15.1. The molecule has 6 aliphatic rings. The highest BCUT2D eigenvalue weighted by Gasteiger charge is 2.65. The third kappa shape index (κ3) is 10.6. The van der Waals surface area contributed by atoms with Gasteiger partial charge in [0.2, 0.25) is 5.91 Å². The van der Waals surface area contributed by atoms with E-state index < -0.39 is 18.0 Å². The minimum Gasteiger partial charge on any atom is -0.480 e. The van der Waals surface area contributed by atoms with Crippen LogP contribution in [-0.2, 0) is 14.4 Å². The number of rotatable bonds is 6. The van der Waals surface area contributed by atoms with E-state index in [1.807, 2.05) is 32.9 Å². The average Bonchev–Trinajstić information content (AvgIpc) is 3.94. The van der Waals surface area contributed by atoms with Crippen LogP contribution in [0.15, 0.2) is 43.0 Å². The molecule has 1 aromatic carbocycles. The monoisotopic (exact) mass is 825 g/mol. The smallest absolute Gasteiger partial charge is 0.335 e. The highest BCUT2D eigenvalue weighted by atomic mass is 16.4. The van der Waals surface area contributed by atoms with E-state index >= 15 is 0 Å². The number of aromatic carboxylic acids is 1. The molecular weight excluding hydrogens is 749 g/mol. The van der Waals surface area contributed by atoms with Crippen LogP contribution in [0.3, 0.4) is 0 Å². The zero-order valence-electron chi connectivity index (χ0n) is 37.8. The highest BCUT2D eigenvalue weighted by molar-refractivity contribution is 5.88. The van der Waals surface area contributed by atoms with Gasteiger partial charge in [-0.3, -0.25) is 4.79 Å². The number of hydrogen-bond acceptors (Lipinski definition) is 5. The van der Waals surface area contributed by atoms with Gasteiger partial charge in [-0.05, 0) is 147 Å². The second kappa shape index (κ2) is 24.0. The molecule has 8 heteroatoms. The summed E-state index contributed by atoms with van der Waals surface area (Å²) in [7, 11) is 0. The first-order valence-corrected chi connectivity index (χ1v) is 21.9. The minimum atomic E-state index is -0.914. The number of carboxylic acids is 2. The summed E-state index contributed by atoms with van der Waals surface area (Å²) in [5.41, 5.74) is 8.91. The van der Waals surface area contributed by atoms with Crippen LogP contribution in [-0.4, -0.2) is 58.4 Å². The summed E-state index contributed by atoms with van der Waals surface area (Å²) in [5.74, 6) is 1.62. The Morgan fingerprint density at radius 1 is 0.817 bits per heavy atom. The van der Waals surface area contributed by atoms with Gasteiger partial charge in [0.25, 0.3) is 0 Å². The molecular formula is C52H76N2O6. The van der Waals surface area contributed by atoms with E-state index in [1.54, 1.807) is 18.2 Å². The topological polar surface area (TPSA) is 138 Å². The number of aliphatic carboxylic acids is 1. The van der Waals surface area contributed by atoms with Gasteiger partial charge < -0.3 is 25.6 Å². The normalized spacial score (nSPS) is 32.1. The van der Waals surface area contributed by atoms with Crippen molar-refractivity contribution in [3.8, 4) is 38.5 Å². The molecule has 7 rings (SSSR count). The van der Waals surface area contributed by atoms with Gasteiger partial charge in [0, 0.05) is 24.9 Å². The fraction of sp³-hybridized carbons (Fsp3) is 0.615. The lowest BCUT2D eigenvalue weighted by molar-refractivity contribution is -0.178. The van der Waals surface area contributed by atoms with Crippen LogP contribution in [0.4, 0.5) is 0 Å². The van der Waals surface area contributed by atoms with Gasteiger partial charge in [-0.1, -0.05) is 72.2 Å². The van der Waals surface area contributed by atoms with E-state index in [0.29, 0.717) is 41.2 Å². The van der Waals surface area contributed by atoms with Gasteiger partial charge in [0.05, 0.1) is 5.56 Å². The highest BCUT2D eigenvalue weighted by Crippen LogP contribution is 2.73. The molecule has 5 unspecified atom stereocenters. The molecule has 4 N–H and O–H groups in total. The van der Waals surface area contributed by atoms with Gasteiger partial charge in [-0.2, -0.15) is 0 Å². The SMILES string of the molecule is C#C.C#C.C#C.C=CC.CC.CC1(C)C(c2ccc(C(=O)O)cc2)=CC[C@@]2(C)C1CC[C@@]1(C)C3CC[C@@]4(C=O)CCCC4[C@H]3CCC12.NCCC(=O)N1CCCC1C(=O)O. The summed E-state index contributed by atoms with van der Waals surface area (Å²) in [5, 5.41) is 18.1. The fourth-order valence-electron chi connectivity index (χ4n) is 13.0. The maximum Gasteiger partial charge on any atom is 0.335 e. The second-order valence-electron chi connectivity index (χ2n) is 17.8. The van der Waals surface area contributed by atoms with Gasteiger partial charge in [-0.15, -0.1) is 45.1 Å². The van der Waals surface area contributed by atoms with Crippen molar-refractivity contribution in [3.05, 3.63) is 54.1 Å². The average molecular weight is 825 g/mol. The molecule has 0 radical (unpaired) electrons. The fourth-order valence-corrected chi connectivity index (χ4v) is 13.0. The summed E-state index contributed by atoms with van der Waals surface area (Å²) in [6.45, 7) is 20.2. The molecule has 1 aliphatic heterocycles. The van der Waals surface area contributed by atoms with Gasteiger partial charge >= 0.3 is 11.9 Å². The Bertz CT molecular complexity index is 1660. The van der Waals surface area contributed by atoms with Crippen LogP contribution in [0.5, 0.6) is 0 Å².